The molecule has 31 heavy (non-hydrogen) atoms. The average Bonchev–Trinajstić information content (AvgIpc) is 2.92. The molecular weight excluding hydrogens is 390 g/mol. The minimum atomic E-state index is -0.631. The number of rotatable bonds is 5. The van der Waals surface area contributed by atoms with Crippen LogP contribution in [-0.4, -0.2) is 41.7 Å². The molecule has 0 saturated heterocycles. The van der Waals surface area contributed by atoms with Crippen molar-refractivity contribution in [3.63, 3.8) is 0 Å². The van der Waals surface area contributed by atoms with Gasteiger partial charge in [0.15, 0.2) is 0 Å². The summed E-state index contributed by atoms with van der Waals surface area (Å²) in [6.45, 7) is 2.00. The topological polar surface area (TPSA) is 71.0 Å². The molecule has 6 nitrogen and oxygen atoms in total. The molecule has 1 spiro atoms. The van der Waals surface area contributed by atoms with E-state index in [9.17, 15) is 9.59 Å². The van der Waals surface area contributed by atoms with Crippen molar-refractivity contribution in [3.05, 3.63) is 59.7 Å². The smallest absolute Gasteiger partial charge is 0.275 e. The van der Waals surface area contributed by atoms with E-state index in [1.165, 1.54) is 0 Å². The van der Waals surface area contributed by atoms with E-state index in [-0.39, 0.29) is 18.4 Å². The van der Waals surface area contributed by atoms with Crippen LogP contribution in [0, 0.1) is 6.92 Å². The van der Waals surface area contributed by atoms with Gasteiger partial charge in [-0.3, -0.25) is 14.6 Å². The van der Waals surface area contributed by atoms with Gasteiger partial charge in [-0.1, -0.05) is 30.5 Å². The number of carbonyl (C=O) groups excluding carboxylic acids is 2. The molecule has 0 unspecified atom stereocenters. The second kappa shape index (κ2) is 8.92. The Hall–Kier alpha value is -3.15. The molecule has 1 aliphatic carbocycles. The Kier molecular flexibility index (Phi) is 6.07. The third kappa shape index (κ3) is 4.48. The summed E-state index contributed by atoms with van der Waals surface area (Å²) in [4.78, 5) is 33.0. The van der Waals surface area contributed by atoms with Gasteiger partial charge in [-0.2, -0.15) is 0 Å². The van der Waals surface area contributed by atoms with Gasteiger partial charge in [0.1, 0.15) is 23.7 Å². The summed E-state index contributed by atoms with van der Waals surface area (Å²) >= 11 is 0. The SMILES string of the molecule is COc1ccc(C2=NC3(CCCCCC3)N(CC(=O)Nc3ccc(C)cc3)C2=O)cc1. The molecule has 6 heteroatoms. The van der Waals surface area contributed by atoms with E-state index in [0.29, 0.717) is 5.71 Å². The van der Waals surface area contributed by atoms with E-state index in [4.69, 9.17) is 9.73 Å². The highest BCUT2D eigenvalue weighted by Gasteiger charge is 2.47. The molecule has 0 bridgehead atoms. The van der Waals surface area contributed by atoms with E-state index < -0.39 is 5.66 Å². The van der Waals surface area contributed by atoms with Crippen LogP contribution >= 0.6 is 0 Å². The number of nitrogens with one attached hydrogen (secondary N) is 1. The Labute approximate surface area is 183 Å². The largest absolute Gasteiger partial charge is 0.497 e. The van der Waals surface area contributed by atoms with Crippen molar-refractivity contribution in [1.82, 2.24) is 4.90 Å². The lowest BCUT2D eigenvalue weighted by molar-refractivity contribution is -0.133. The van der Waals surface area contributed by atoms with Gasteiger partial charge in [0.2, 0.25) is 5.91 Å². The van der Waals surface area contributed by atoms with Crippen LogP contribution in [-0.2, 0) is 9.59 Å². The Morgan fingerprint density at radius 2 is 1.68 bits per heavy atom. The number of nitrogens with zero attached hydrogens (tertiary/aromatic N) is 2. The number of hydrogen-bond donors (Lipinski definition) is 1. The standard InChI is InChI=1S/C25H29N3O3/c1-18-7-11-20(12-8-18)26-22(29)17-28-24(30)23(19-9-13-21(31-2)14-10-19)27-25(28)15-5-3-4-6-16-25/h7-14H,3-6,15-17H2,1-2H3,(H,26,29). The van der Waals surface area contributed by atoms with Gasteiger partial charge in [0.25, 0.3) is 5.91 Å². The number of aliphatic imine (C=N–C) groups is 1. The van der Waals surface area contributed by atoms with Crippen molar-refractivity contribution in [2.75, 3.05) is 19.0 Å². The fraction of sp³-hybridized carbons (Fsp3) is 0.400. The van der Waals surface area contributed by atoms with Crippen LogP contribution in [0.3, 0.4) is 0 Å². The molecule has 0 radical (unpaired) electrons. The minimum Gasteiger partial charge on any atom is -0.497 e. The highest BCUT2D eigenvalue weighted by Crippen LogP contribution is 2.38. The fourth-order valence-electron chi connectivity index (χ4n) is 4.45. The Morgan fingerprint density at radius 1 is 1.03 bits per heavy atom. The van der Waals surface area contributed by atoms with E-state index in [1.54, 1.807) is 12.0 Å². The molecule has 1 fully saturated rings. The Morgan fingerprint density at radius 3 is 2.29 bits per heavy atom. The van der Waals surface area contributed by atoms with E-state index >= 15 is 0 Å². The molecule has 4 rings (SSSR count). The molecule has 2 aromatic rings. The Bertz CT molecular complexity index is 972. The first-order valence-corrected chi connectivity index (χ1v) is 10.9. The van der Waals surface area contributed by atoms with Gasteiger partial charge in [-0.05, 0) is 69.0 Å². The number of methoxy groups -OCH3 is 1. The lowest BCUT2D eigenvalue weighted by atomic mass is 10.00. The van der Waals surface area contributed by atoms with Gasteiger partial charge in [-0.25, -0.2) is 0 Å². The average molecular weight is 420 g/mol. The van der Waals surface area contributed by atoms with Crippen molar-refractivity contribution in [3.8, 4) is 5.75 Å². The van der Waals surface area contributed by atoms with E-state index in [1.807, 2.05) is 55.5 Å². The third-order valence-electron chi connectivity index (χ3n) is 6.17. The number of anilines is 1. The second-order valence-electron chi connectivity index (χ2n) is 8.39. The number of benzene rings is 2. The highest BCUT2D eigenvalue weighted by atomic mass is 16.5. The van der Waals surface area contributed by atoms with Crippen LogP contribution in [0.2, 0.25) is 0 Å². The molecular formula is C25H29N3O3. The number of amides is 2. The summed E-state index contributed by atoms with van der Waals surface area (Å²) in [5, 5.41) is 2.92. The minimum absolute atomic E-state index is 0.00410. The van der Waals surface area contributed by atoms with Crippen LogP contribution in [0.5, 0.6) is 5.75 Å². The van der Waals surface area contributed by atoms with Crippen LogP contribution < -0.4 is 10.1 Å². The monoisotopic (exact) mass is 419 g/mol. The first kappa shape index (κ1) is 21.1. The summed E-state index contributed by atoms with van der Waals surface area (Å²) in [6.07, 6.45) is 5.84. The Balaban J connectivity index is 1.59. The molecule has 1 saturated carbocycles. The van der Waals surface area contributed by atoms with Gasteiger partial charge in [-0.15, -0.1) is 0 Å². The fourth-order valence-corrected chi connectivity index (χ4v) is 4.45. The first-order valence-electron chi connectivity index (χ1n) is 10.9. The number of aryl methyl sites for hydroxylation is 1. The summed E-state index contributed by atoms with van der Waals surface area (Å²) in [7, 11) is 1.61. The predicted octanol–water partition coefficient (Wildman–Crippen LogP) is 4.32. The third-order valence-corrected chi connectivity index (χ3v) is 6.17. The van der Waals surface area contributed by atoms with Crippen molar-refractivity contribution in [2.24, 2.45) is 4.99 Å². The molecule has 1 aliphatic heterocycles. The normalized spacial score (nSPS) is 17.9. The number of carbonyl (C=O) groups is 2. The van der Waals surface area contributed by atoms with Crippen molar-refractivity contribution < 1.29 is 14.3 Å². The van der Waals surface area contributed by atoms with Crippen LogP contribution in [0.4, 0.5) is 5.69 Å². The molecule has 2 aliphatic rings. The van der Waals surface area contributed by atoms with Gasteiger partial charge in [0, 0.05) is 11.3 Å². The zero-order valence-corrected chi connectivity index (χ0v) is 18.2. The number of ether oxygens (including phenoxy) is 1. The quantitative estimate of drug-likeness (QED) is 0.784. The molecule has 1 N–H and O–H groups in total. The molecule has 162 valence electrons. The van der Waals surface area contributed by atoms with Gasteiger partial charge < -0.3 is 15.0 Å². The zero-order valence-electron chi connectivity index (χ0n) is 18.2. The van der Waals surface area contributed by atoms with Crippen LogP contribution in [0.1, 0.15) is 49.7 Å². The number of hydrogen-bond acceptors (Lipinski definition) is 4. The van der Waals surface area contributed by atoms with Crippen LogP contribution in [0.15, 0.2) is 53.5 Å². The summed E-state index contributed by atoms with van der Waals surface area (Å²) < 4.78 is 5.23. The van der Waals surface area contributed by atoms with Crippen LogP contribution in [0.25, 0.3) is 0 Å². The molecule has 1 heterocycles. The van der Waals surface area contributed by atoms with Crippen molar-refractivity contribution in [2.45, 2.75) is 51.1 Å². The summed E-state index contributed by atoms with van der Waals surface area (Å²) in [5.74, 6) is 0.353. The molecule has 0 atom stereocenters. The van der Waals surface area contributed by atoms with Gasteiger partial charge >= 0.3 is 0 Å². The maximum atomic E-state index is 13.5. The molecule has 2 amide bonds. The van der Waals surface area contributed by atoms with Crippen molar-refractivity contribution >= 4 is 23.2 Å². The lowest BCUT2D eigenvalue weighted by Crippen LogP contribution is -2.50. The van der Waals surface area contributed by atoms with E-state index in [2.05, 4.69) is 5.32 Å². The first-order chi connectivity index (χ1) is 15.0. The zero-order chi connectivity index (χ0) is 21.8. The van der Waals surface area contributed by atoms with E-state index in [0.717, 1.165) is 61.1 Å². The lowest BCUT2D eigenvalue weighted by Gasteiger charge is -2.35. The maximum Gasteiger partial charge on any atom is 0.275 e. The summed E-state index contributed by atoms with van der Waals surface area (Å²) in [5.41, 5.74) is 2.42. The van der Waals surface area contributed by atoms with Crippen molar-refractivity contribution in [1.29, 1.82) is 0 Å². The molecule has 0 aromatic heterocycles. The van der Waals surface area contributed by atoms with Gasteiger partial charge in [0.05, 0.1) is 7.11 Å². The maximum absolute atomic E-state index is 13.5. The molecule has 2 aromatic carbocycles. The second-order valence-corrected chi connectivity index (χ2v) is 8.39. The summed E-state index contributed by atoms with van der Waals surface area (Å²) in [6, 6.07) is 15.0. The predicted molar refractivity (Wildman–Crippen MR) is 121 cm³/mol. The highest BCUT2D eigenvalue weighted by molar-refractivity contribution is 6.47.